The summed E-state index contributed by atoms with van der Waals surface area (Å²) in [6.07, 6.45) is 6.99. The summed E-state index contributed by atoms with van der Waals surface area (Å²) < 4.78 is 5.93. The highest BCUT2D eigenvalue weighted by molar-refractivity contribution is 4.94. The first-order valence-electron chi connectivity index (χ1n) is 7.49. The maximum atomic E-state index is 6.52. The van der Waals surface area contributed by atoms with Gasteiger partial charge >= 0.3 is 0 Å². The Morgan fingerprint density at radius 2 is 1.65 bits per heavy atom. The van der Waals surface area contributed by atoms with Crippen LogP contribution >= 0.6 is 0 Å². The van der Waals surface area contributed by atoms with E-state index in [2.05, 4.69) is 20.8 Å². The summed E-state index contributed by atoms with van der Waals surface area (Å²) in [6, 6.07) is 0.271. The predicted octanol–water partition coefficient (Wildman–Crippen LogP) is 3.20. The second-order valence-corrected chi connectivity index (χ2v) is 6.51. The van der Waals surface area contributed by atoms with Crippen molar-refractivity contribution in [1.29, 1.82) is 0 Å². The third-order valence-corrected chi connectivity index (χ3v) is 4.58. The van der Waals surface area contributed by atoms with Gasteiger partial charge in [0.15, 0.2) is 0 Å². The SMILES string of the molecule is CCOC(C1CC1)C(N)C1CC(C)CC(C)C1. The van der Waals surface area contributed by atoms with E-state index in [-0.39, 0.29) is 6.04 Å². The lowest BCUT2D eigenvalue weighted by Gasteiger charge is -2.38. The Bertz CT molecular complexity index is 229. The Kier molecular flexibility index (Phi) is 4.48. The molecule has 0 amide bonds. The van der Waals surface area contributed by atoms with Gasteiger partial charge in [0.05, 0.1) is 6.10 Å². The molecule has 2 N–H and O–H groups in total. The Morgan fingerprint density at radius 3 is 2.12 bits per heavy atom. The molecular formula is C15H29NO. The van der Waals surface area contributed by atoms with Crippen LogP contribution in [0.2, 0.25) is 0 Å². The highest BCUT2D eigenvalue weighted by atomic mass is 16.5. The number of nitrogens with two attached hydrogens (primary N) is 1. The Labute approximate surface area is 106 Å². The Morgan fingerprint density at radius 1 is 1.06 bits per heavy atom. The van der Waals surface area contributed by atoms with Gasteiger partial charge in [-0.15, -0.1) is 0 Å². The van der Waals surface area contributed by atoms with E-state index in [1.807, 2.05) is 0 Å². The van der Waals surface area contributed by atoms with Crippen molar-refractivity contribution in [2.24, 2.45) is 29.4 Å². The largest absolute Gasteiger partial charge is 0.377 e. The molecule has 100 valence electrons. The predicted molar refractivity (Wildman–Crippen MR) is 71.8 cm³/mol. The van der Waals surface area contributed by atoms with Gasteiger partial charge in [0.1, 0.15) is 0 Å². The highest BCUT2D eigenvalue weighted by Crippen LogP contribution is 2.41. The molecule has 0 aromatic carbocycles. The number of hydrogen-bond donors (Lipinski definition) is 1. The molecule has 2 fully saturated rings. The van der Waals surface area contributed by atoms with Crippen LogP contribution in [0.5, 0.6) is 0 Å². The standard InChI is InChI=1S/C15H29NO/c1-4-17-15(12-5-6-12)14(16)13-8-10(2)7-11(3)9-13/h10-15H,4-9,16H2,1-3H3. The topological polar surface area (TPSA) is 35.2 Å². The summed E-state index contributed by atoms with van der Waals surface area (Å²) in [5.41, 5.74) is 6.52. The first-order valence-corrected chi connectivity index (χ1v) is 7.49. The Hall–Kier alpha value is -0.0800. The van der Waals surface area contributed by atoms with Crippen LogP contribution in [0.1, 0.15) is 52.9 Å². The first-order chi connectivity index (χ1) is 8.11. The molecule has 17 heavy (non-hydrogen) atoms. The third-order valence-electron chi connectivity index (χ3n) is 4.58. The van der Waals surface area contributed by atoms with Crippen LogP contribution in [0.15, 0.2) is 0 Å². The van der Waals surface area contributed by atoms with Crippen LogP contribution in [0, 0.1) is 23.7 Å². The number of ether oxygens (including phenoxy) is 1. The van der Waals surface area contributed by atoms with Crippen LogP contribution in [-0.2, 0) is 4.74 Å². The summed E-state index contributed by atoms with van der Waals surface area (Å²) in [4.78, 5) is 0. The van der Waals surface area contributed by atoms with Crippen molar-refractivity contribution in [3.8, 4) is 0 Å². The van der Waals surface area contributed by atoms with Crippen molar-refractivity contribution in [2.45, 2.75) is 65.0 Å². The van der Waals surface area contributed by atoms with Crippen LogP contribution in [0.25, 0.3) is 0 Å². The number of hydrogen-bond acceptors (Lipinski definition) is 2. The summed E-state index contributed by atoms with van der Waals surface area (Å²) >= 11 is 0. The molecule has 0 aromatic heterocycles. The van der Waals surface area contributed by atoms with Gasteiger partial charge in [0.2, 0.25) is 0 Å². The highest BCUT2D eigenvalue weighted by Gasteiger charge is 2.40. The van der Waals surface area contributed by atoms with Crippen molar-refractivity contribution in [2.75, 3.05) is 6.61 Å². The molecule has 0 spiro atoms. The normalized spacial score (nSPS) is 37.8. The van der Waals surface area contributed by atoms with E-state index in [0.29, 0.717) is 12.0 Å². The molecule has 0 radical (unpaired) electrons. The fourth-order valence-corrected chi connectivity index (χ4v) is 3.77. The van der Waals surface area contributed by atoms with Crippen molar-refractivity contribution in [1.82, 2.24) is 0 Å². The van der Waals surface area contributed by atoms with Crippen molar-refractivity contribution in [3.63, 3.8) is 0 Å². The maximum Gasteiger partial charge on any atom is 0.0756 e. The van der Waals surface area contributed by atoms with E-state index in [0.717, 1.165) is 24.4 Å². The molecule has 2 heteroatoms. The summed E-state index contributed by atoms with van der Waals surface area (Å²) in [5.74, 6) is 3.14. The van der Waals surface area contributed by atoms with Gasteiger partial charge in [-0.2, -0.15) is 0 Å². The van der Waals surface area contributed by atoms with Gasteiger partial charge < -0.3 is 10.5 Å². The fraction of sp³-hybridized carbons (Fsp3) is 1.00. The molecule has 2 nitrogen and oxygen atoms in total. The van der Waals surface area contributed by atoms with E-state index in [1.54, 1.807) is 0 Å². The summed E-state index contributed by atoms with van der Waals surface area (Å²) in [6.45, 7) is 7.66. The average Bonchev–Trinajstić information content (AvgIpc) is 3.07. The molecule has 0 aromatic rings. The minimum Gasteiger partial charge on any atom is -0.377 e. The maximum absolute atomic E-state index is 6.52. The van der Waals surface area contributed by atoms with Gasteiger partial charge in [0.25, 0.3) is 0 Å². The van der Waals surface area contributed by atoms with Gasteiger partial charge in [-0.25, -0.2) is 0 Å². The quantitative estimate of drug-likeness (QED) is 0.799. The van der Waals surface area contributed by atoms with Crippen molar-refractivity contribution in [3.05, 3.63) is 0 Å². The molecule has 0 aliphatic heterocycles. The number of rotatable bonds is 5. The molecule has 0 bridgehead atoms. The van der Waals surface area contributed by atoms with E-state index >= 15 is 0 Å². The molecule has 2 rings (SSSR count). The Balaban J connectivity index is 1.94. The van der Waals surface area contributed by atoms with E-state index in [4.69, 9.17) is 10.5 Å². The van der Waals surface area contributed by atoms with Gasteiger partial charge in [-0.05, 0) is 62.7 Å². The summed E-state index contributed by atoms with van der Waals surface area (Å²) in [7, 11) is 0. The van der Waals surface area contributed by atoms with E-state index < -0.39 is 0 Å². The lowest BCUT2D eigenvalue weighted by Crippen LogP contribution is -2.46. The molecule has 4 unspecified atom stereocenters. The van der Waals surface area contributed by atoms with Crippen molar-refractivity contribution < 1.29 is 4.74 Å². The molecule has 2 aliphatic rings. The third kappa shape index (κ3) is 3.45. The molecule has 2 aliphatic carbocycles. The zero-order valence-electron chi connectivity index (χ0n) is 11.7. The second-order valence-electron chi connectivity index (χ2n) is 6.51. The zero-order chi connectivity index (χ0) is 12.4. The van der Waals surface area contributed by atoms with Crippen LogP contribution in [0.3, 0.4) is 0 Å². The molecular weight excluding hydrogens is 210 g/mol. The molecule has 0 heterocycles. The lowest BCUT2D eigenvalue weighted by atomic mass is 9.72. The van der Waals surface area contributed by atoms with Gasteiger partial charge in [0, 0.05) is 12.6 Å². The van der Waals surface area contributed by atoms with Crippen molar-refractivity contribution >= 4 is 0 Å². The van der Waals surface area contributed by atoms with Crippen LogP contribution in [0.4, 0.5) is 0 Å². The zero-order valence-corrected chi connectivity index (χ0v) is 11.7. The molecule has 2 saturated carbocycles. The first kappa shape index (κ1) is 13.4. The van der Waals surface area contributed by atoms with Gasteiger partial charge in [-0.3, -0.25) is 0 Å². The van der Waals surface area contributed by atoms with E-state index in [1.165, 1.54) is 32.1 Å². The van der Waals surface area contributed by atoms with Crippen LogP contribution < -0.4 is 5.73 Å². The monoisotopic (exact) mass is 239 g/mol. The minimum absolute atomic E-state index is 0.271. The summed E-state index contributed by atoms with van der Waals surface area (Å²) in [5, 5.41) is 0. The molecule has 4 atom stereocenters. The van der Waals surface area contributed by atoms with Gasteiger partial charge in [-0.1, -0.05) is 13.8 Å². The fourth-order valence-electron chi connectivity index (χ4n) is 3.77. The van der Waals surface area contributed by atoms with E-state index in [9.17, 15) is 0 Å². The lowest BCUT2D eigenvalue weighted by molar-refractivity contribution is 0.00253. The second kappa shape index (κ2) is 5.71. The molecule has 0 saturated heterocycles. The van der Waals surface area contributed by atoms with Crippen LogP contribution in [-0.4, -0.2) is 18.8 Å². The minimum atomic E-state index is 0.271. The average molecular weight is 239 g/mol. The smallest absolute Gasteiger partial charge is 0.0756 e.